The maximum atomic E-state index is 12.9. The average molecular weight is 497 g/mol. The number of rotatable bonds is 6. The van der Waals surface area contributed by atoms with Crippen LogP contribution in [-0.2, 0) is 13.0 Å². The molecule has 6 rings (SSSR count). The van der Waals surface area contributed by atoms with Gasteiger partial charge in [-0.2, -0.15) is 0 Å². The number of nitrogens with zero attached hydrogens (tertiary/aromatic N) is 4. The molecule has 0 unspecified atom stereocenters. The van der Waals surface area contributed by atoms with E-state index in [1.165, 1.54) is 16.9 Å². The molecule has 1 atom stereocenters. The van der Waals surface area contributed by atoms with E-state index in [4.69, 9.17) is 5.73 Å². The summed E-state index contributed by atoms with van der Waals surface area (Å²) in [5.41, 5.74) is 8.15. The zero-order valence-electron chi connectivity index (χ0n) is 19.1. The average Bonchev–Trinajstić information content (AvgIpc) is 3.59. The largest absolute Gasteiger partial charge is 0.364 e. The van der Waals surface area contributed by atoms with Gasteiger partial charge in [-0.3, -0.25) is 9.69 Å². The number of nitrogens with one attached hydrogen (secondary N) is 1. The molecule has 2 aliphatic heterocycles. The highest BCUT2D eigenvalue weighted by Crippen LogP contribution is 2.43. The van der Waals surface area contributed by atoms with Gasteiger partial charge in [0.05, 0.1) is 5.39 Å². The Balaban J connectivity index is 1.16. The van der Waals surface area contributed by atoms with E-state index in [-0.39, 0.29) is 11.8 Å². The fraction of sp³-hybridized carbons (Fsp3) is 0.400. The number of nitrogens with two attached hydrogens (primary N) is 1. The first-order valence-electron chi connectivity index (χ1n) is 11.8. The first kappa shape index (κ1) is 22.4. The Labute approximate surface area is 204 Å². The number of likely N-dealkylation sites (tertiary alicyclic amines) is 1. The van der Waals surface area contributed by atoms with Crippen molar-refractivity contribution in [3.63, 3.8) is 0 Å². The fourth-order valence-corrected chi connectivity index (χ4v) is 6.67. The molecule has 3 aromatic heterocycles. The molecule has 2 aliphatic rings. The first-order chi connectivity index (χ1) is 16.9. The Morgan fingerprint density at radius 2 is 2.03 bits per heavy atom. The van der Waals surface area contributed by atoms with E-state index in [0.29, 0.717) is 10.6 Å². The zero-order valence-corrected chi connectivity index (χ0v) is 20.0. The van der Waals surface area contributed by atoms with Crippen molar-refractivity contribution in [2.45, 2.75) is 32.2 Å². The normalized spacial score (nSPS) is 20.8. The number of hydrogen-bond acceptors (Lipinski definition) is 6. The van der Waals surface area contributed by atoms with Crippen molar-refractivity contribution in [3.8, 4) is 0 Å². The summed E-state index contributed by atoms with van der Waals surface area (Å²) >= 11 is 1.33. The molecule has 2 saturated heterocycles. The molecule has 1 aromatic carbocycles. The number of aromatic nitrogens is 3. The van der Waals surface area contributed by atoms with Crippen LogP contribution in [0.1, 0.15) is 33.8 Å². The maximum absolute atomic E-state index is 12.9. The lowest BCUT2D eigenvalue weighted by atomic mass is 9.86. The number of fused-ring (bicyclic) bond motifs is 2. The summed E-state index contributed by atoms with van der Waals surface area (Å²) in [6.07, 6.45) is 1.15. The van der Waals surface area contributed by atoms with Gasteiger partial charge in [-0.15, -0.1) is 11.3 Å². The molecule has 35 heavy (non-hydrogen) atoms. The number of thiophene rings is 1. The Morgan fingerprint density at radius 1 is 1.17 bits per heavy atom. The van der Waals surface area contributed by atoms with Crippen molar-refractivity contribution in [1.82, 2.24) is 19.9 Å². The van der Waals surface area contributed by atoms with Crippen LogP contribution in [-0.4, -0.2) is 58.4 Å². The number of carbonyl (C=O) groups is 1. The second-order valence-electron chi connectivity index (χ2n) is 9.83. The van der Waals surface area contributed by atoms with Crippen molar-refractivity contribution in [2.75, 3.05) is 31.1 Å². The van der Waals surface area contributed by atoms with Gasteiger partial charge in [-0.05, 0) is 43.1 Å². The highest BCUT2D eigenvalue weighted by Gasteiger charge is 2.44. The molecule has 0 bridgehead atoms. The van der Waals surface area contributed by atoms with Crippen LogP contribution in [0, 0.1) is 5.41 Å². The Kier molecular flexibility index (Phi) is 5.45. The summed E-state index contributed by atoms with van der Waals surface area (Å²) in [4.78, 5) is 29.7. The summed E-state index contributed by atoms with van der Waals surface area (Å²) in [6, 6.07) is 9.86. The van der Waals surface area contributed by atoms with E-state index >= 15 is 0 Å². The molecule has 2 fully saturated rings. The lowest BCUT2D eigenvalue weighted by molar-refractivity contribution is 0.0996. The number of benzene rings is 1. The molecule has 5 heterocycles. The van der Waals surface area contributed by atoms with Crippen molar-refractivity contribution >= 4 is 44.2 Å². The highest BCUT2D eigenvalue weighted by atomic mass is 32.1. The van der Waals surface area contributed by atoms with E-state index in [9.17, 15) is 13.6 Å². The molecular formula is C25H26F2N6OS. The van der Waals surface area contributed by atoms with Crippen LogP contribution in [0.25, 0.3) is 21.1 Å². The lowest BCUT2D eigenvalue weighted by Crippen LogP contribution is -2.31. The van der Waals surface area contributed by atoms with E-state index in [0.717, 1.165) is 72.5 Å². The number of H-pyrrole nitrogens is 1. The van der Waals surface area contributed by atoms with E-state index in [1.807, 2.05) is 12.1 Å². The van der Waals surface area contributed by atoms with Crippen LogP contribution in [0.15, 0.2) is 36.7 Å². The van der Waals surface area contributed by atoms with E-state index in [1.54, 1.807) is 12.4 Å². The molecule has 0 saturated carbocycles. The van der Waals surface area contributed by atoms with Gasteiger partial charge >= 0.3 is 0 Å². The Bertz CT molecular complexity index is 1420. The SMILES string of the molecule is NC(=O)c1cc2ccc(CN3CC[C@]4(CCN(c5ncnc6sc(CC(F)F)cc56)C4)C3)cc2[nH]1. The molecule has 4 aromatic rings. The van der Waals surface area contributed by atoms with Gasteiger partial charge in [0.25, 0.3) is 5.91 Å². The number of primary amides is 1. The third-order valence-corrected chi connectivity index (χ3v) is 8.39. The van der Waals surface area contributed by atoms with Gasteiger partial charge in [0.15, 0.2) is 0 Å². The van der Waals surface area contributed by atoms with Gasteiger partial charge in [0.2, 0.25) is 6.43 Å². The number of halogens is 2. The maximum Gasteiger partial charge on any atom is 0.265 e. The van der Waals surface area contributed by atoms with Crippen LogP contribution in [0.5, 0.6) is 0 Å². The summed E-state index contributed by atoms with van der Waals surface area (Å²) in [6.45, 7) is 4.70. The Hall–Kier alpha value is -3.11. The third-order valence-electron chi connectivity index (χ3n) is 7.33. The van der Waals surface area contributed by atoms with E-state index in [2.05, 4.69) is 36.9 Å². The third kappa shape index (κ3) is 4.25. The number of amides is 1. The Morgan fingerprint density at radius 3 is 2.86 bits per heavy atom. The molecule has 3 N–H and O–H groups in total. The standard InChI is InChI=1S/C25H26F2N6OS/c26-21(27)10-17-9-18-23(29-14-30-24(18)35-17)33-6-4-25(13-33)3-5-32(12-25)11-15-1-2-16-8-20(22(28)34)31-19(16)7-15/h1-2,7-9,14,21,31H,3-6,10-13H2,(H2,28,34)/t25-/m0/s1. The quantitative estimate of drug-likeness (QED) is 0.418. The molecular weight excluding hydrogens is 470 g/mol. The second kappa shape index (κ2) is 8.53. The van der Waals surface area contributed by atoms with Crippen LogP contribution in [0.2, 0.25) is 0 Å². The van der Waals surface area contributed by atoms with Crippen LogP contribution < -0.4 is 10.6 Å². The molecule has 1 amide bonds. The van der Waals surface area contributed by atoms with Crippen molar-refractivity contribution in [2.24, 2.45) is 11.1 Å². The number of alkyl halides is 2. The van der Waals surface area contributed by atoms with Crippen LogP contribution >= 0.6 is 11.3 Å². The van der Waals surface area contributed by atoms with Crippen LogP contribution in [0.4, 0.5) is 14.6 Å². The molecule has 182 valence electrons. The summed E-state index contributed by atoms with van der Waals surface area (Å²) < 4.78 is 25.8. The monoisotopic (exact) mass is 496 g/mol. The van der Waals surface area contributed by atoms with Gasteiger partial charge in [-0.1, -0.05) is 12.1 Å². The summed E-state index contributed by atoms with van der Waals surface area (Å²) in [7, 11) is 0. The van der Waals surface area contributed by atoms with Gasteiger partial charge in [0, 0.05) is 53.8 Å². The minimum absolute atomic E-state index is 0.203. The molecule has 10 heteroatoms. The first-order valence-corrected chi connectivity index (χ1v) is 12.6. The number of anilines is 1. The second-order valence-corrected chi connectivity index (χ2v) is 10.9. The van der Waals surface area contributed by atoms with Gasteiger partial charge in [-0.25, -0.2) is 18.7 Å². The predicted molar refractivity (Wildman–Crippen MR) is 133 cm³/mol. The number of carbonyl (C=O) groups excluding carboxylic acids is 1. The topological polar surface area (TPSA) is 91.1 Å². The zero-order chi connectivity index (χ0) is 24.2. The molecule has 1 spiro atoms. The van der Waals surface area contributed by atoms with Crippen molar-refractivity contribution in [1.29, 1.82) is 0 Å². The van der Waals surface area contributed by atoms with Crippen molar-refractivity contribution < 1.29 is 13.6 Å². The minimum atomic E-state index is -2.36. The number of hydrogen-bond donors (Lipinski definition) is 2. The van der Waals surface area contributed by atoms with Crippen LogP contribution in [0.3, 0.4) is 0 Å². The van der Waals surface area contributed by atoms with Gasteiger partial charge < -0.3 is 15.6 Å². The van der Waals surface area contributed by atoms with Crippen molar-refractivity contribution in [3.05, 3.63) is 52.8 Å². The smallest absolute Gasteiger partial charge is 0.265 e. The molecule has 0 aliphatic carbocycles. The van der Waals surface area contributed by atoms with E-state index < -0.39 is 12.3 Å². The number of aromatic amines is 1. The predicted octanol–water partition coefficient (Wildman–Crippen LogP) is 4.18. The summed E-state index contributed by atoms with van der Waals surface area (Å²) in [5, 5.41) is 1.86. The highest BCUT2D eigenvalue weighted by molar-refractivity contribution is 7.18. The fourth-order valence-electron chi connectivity index (χ4n) is 5.67. The molecule has 0 radical (unpaired) electrons. The minimum Gasteiger partial charge on any atom is -0.364 e. The summed E-state index contributed by atoms with van der Waals surface area (Å²) in [5.74, 6) is 0.410. The lowest BCUT2D eigenvalue weighted by Gasteiger charge is -2.25. The van der Waals surface area contributed by atoms with Gasteiger partial charge in [0.1, 0.15) is 22.7 Å². The molecule has 7 nitrogen and oxygen atoms in total.